The Morgan fingerprint density at radius 3 is 2.07 bits per heavy atom. The second-order valence-electron chi connectivity index (χ2n) is 6.47. The third-order valence-corrected chi connectivity index (χ3v) is 4.14. The number of nitrogens with zero attached hydrogens (tertiary/aromatic N) is 1. The van der Waals surface area contributed by atoms with Crippen molar-refractivity contribution in [2.24, 2.45) is 0 Å². The molecule has 6 heteroatoms. The molecule has 6 nitrogen and oxygen atoms in total. The number of anilines is 2. The molecule has 0 radical (unpaired) electrons. The summed E-state index contributed by atoms with van der Waals surface area (Å²) in [5.41, 5.74) is 2.76. The quantitative estimate of drug-likeness (QED) is 0.791. The second-order valence-corrected chi connectivity index (χ2v) is 6.47. The Kier molecular flexibility index (Phi) is 6.71. The standard InChI is InChI=1S/C21H24N2O4/c1-14(2)16-7-11-19(12-8-16)23(15(3)24)13-20(25)22-18-9-5-17(6-10-18)21(26)27-4/h5-12,14H,13H2,1-4H3,(H,22,25). The minimum Gasteiger partial charge on any atom is -0.465 e. The topological polar surface area (TPSA) is 75.7 Å². The first kappa shape index (κ1) is 20.2. The summed E-state index contributed by atoms with van der Waals surface area (Å²) >= 11 is 0. The van der Waals surface area contributed by atoms with E-state index in [4.69, 9.17) is 0 Å². The maximum Gasteiger partial charge on any atom is 0.337 e. The molecule has 2 aromatic carbocycles. The SMILES string of the molecule is COC(=O)c1ccc(NC(=O)CN(C(C)=O)c2ccc(C(C)C)cc2)cc1. The molecular formula is C21H24N2O4. The number of hydrogen-bond donors (Lipinski definition) is 1. The third-order valence-electron chi connectivity index (χ3n) is 4.14. The van der Waals surface area contributed by atoms with E-state index in [9.17, 15) is 14.4 Å². The molecule has 0 aliphatic rings. The molecule has 0 bridgehead atoms. The van der Waals surface area contributed by atoms with Crippen molar-refractivity contribution in [2.45, 2.75) is 26.7 Å². The third kappa shape index (κ3) is 5.41. The summed E-state index contributed by atoms with van der Waals surface area (Å²) in [6.07, 6.45) is 0. The van der Waals surface area contributed by atoms with Gasteiger partial charge in [-0.25, -0.2) is 4.79 Å². The molecule has 0 unspecified atom stereocenters. The van der Waals surface area contributed by atoms with Crippen molar-refractivity contribution in [2.75, 3.05) is 23.9 Å². The molecule has 0 aliphatic heterocycles. The highest BCUT2D eigenvalue weighted by Gasteiger charge is 2.16. The number of methoxy groups -OCH3 is 1. The van der Waals surface area contributed by atoms with Gasteiger partial charge >= 0.3 is 5.97 Å². The molecule has 0 aliphatic carbocycles. The number of rotatable bonds is 6. The zero-order valence-electron chi connectivity index (χ0n) is 16.0. The minimum absolute atomic E-state index is 0.102. The summed E-state index contributed by atoms with van der Waals surface area (Å²) in [6, 6.07) is 14.0. The first-order valence-electron chi connectivity index (χ1n) is 8.68. The Morgan fingerprint density at radius 1 is 1.00 bits per heavy atom. The summed E-state index contributed by atoms with van der Waals surface area (Å²) in [6.45, 7) is 5.51. The minimum atomic E-state index is -0.444. The highest BCUT2D eigenvalue weighted by atomic mass is 16.5. The van der Waals surface area contributed by atoms with Crippen LogP contribution in [0.25, 0.3) is 0 Å². The van der Waals surface area contributed by atoms with Crippen LogP contribution in [0.2, 0.25) is 0 Å². The average Bonchev–Trinajstić information content (AvgIpc) is 2.66. The fraction of sp³-hybridized carbons (Fsp3) is 0.286. The molecule has 0 spiro atoms. The lowest BCUT2D eigenvalue weighted by Crippen LogP contribution is -2.36. The van der Waals surface area contributed by atoms with E-state index in [1.807, 2.05) is 24.3 Å². The van der Waals surface area contributed by atoms with Crippen LogP contribution in [0.4, 0.5) is 11.4 Å². The van der Waals surface area contributed by atoms with Gasteiger partial charge in [-0.15, -0.1) is 0 Å². The molecule has 0 heterocycles. The maximum atomic E-state index is 12.4. The van der Waals surface area contributed by atoms with Crippen molar-refractivity contribution in [3.8, 4) is 0 Å². The normalized spacial score (nSPS) is 10.4. The first-order chi connectivity index (χ1) is 12.8. The van der Waals surface area contributed by atoms with E-state index in [-0.39, 0.29) is 18.4 Å². The Balaban J connectivity index is 2.06. The smallest absolute Gasteiger partial charge is 0.337 e. The number of benzene rings is 2. The van der Waals surface area contributed by atoms with E-state index in [1.54, 1.807) is 24.3 Å². The lowest BCUT2D eigenvalue weighted by molar-refractivity contribution is -0.120. The molecule has 0 saturated heterocycles. The summed E-state index contributed by atoms with van der Waals surface area (Å²) in [5, 5.41) is 2.73. The van der Waals surface area contributed by atoms with Gasteiger partial charge in [0.2, 0.25) is 11.8 Å². The predicted octanol–water partition coefficient (Wildman–Crippen LogP) is 3.59. The van der Waals surface area contributed by atoms with Gasteiger partial charge in [-0.3, -0.25) is 9.59 Å². The van der Waals surface area contributed by atoms with Crippen LogP contribution in [0.3, 0.4) is 0 Å². The maximum absolute atomic E-state index is 12.4. The molecule has 0 aromatic heterocycles. The molecule has 0 atom stereocenters. The van der Waals surface area contributed by atoms with Gasteiger partial charge in [0.25, 0.3) is 0 Å². The van der Waals surface area contributed by atoms with Crippen molar-refractivity contribution >= 4 is 29.2 Å². The van der Waals surface area contributed by atoms with E-state index >= 15 is 0 Å². The van der Waals surface area contributed by atoms with Gasteiger partial charge in [-0.05, 0) is 47.9 Å². The Labute approximate surface area is 159 Å². The van der Waals surface area contributed by atoms with E-state index in [0.29, 0.717) is 22.9 Å². The van der Waals surface area contributed by atoms with Gasteiger partial charge in [0.05, 0.1) is 12.7 Å². The van der Waals surface area contributed by atoms with Crippen LogP contribution >= 0.6 is 0 Å². The molecule has 27 heavy (non-hydrogen) atoms. The number of carbonyl (C=O) groups excluding carboxylic acids is 3. The molecule has 0 fully saturated rings. The van der Waals surface area contributed by atoms with E-state index in [1.165, 1.54) is 18.9 Å². The highest BCUT2D eigenvalue weighted by Crippen LogP contribution is 2.20. The Hall–Kier alpha value is -3.15. The van der Waals surface area contributed by atoms with E-state index < -0.39 is 5.97 Å². The van der Waals surface area contributed by atoms with Crippen LogP contribution in [0.1, 0.15) is 42.6 Å². The van der Waals surface area contributed by atoms with Gasteiger partial charge in [-0.1, -0.05) is 26.0 Å². The predicted molar refractivity (Wildman–Crippen MR) is 105 cm³/mol. The fourth-order valence-corrected chi connectivity index (χ4v) is 2.58. The molecular weight excluding hydrogens is 344 g/mol. The van der Waals surface area contributed by atoms with Crippen LogP contribution < -0.4 is 10.2 Å². The monoisotopic (exact) mass is 368 g/mol. The fourth-order valence-electron chi connectivity index (χ4n) is 2.58. The summed E-state index contributed by atoms with van der Waals surface area (Å²) in [5.74, 6) is -0.603. The largest absolute Gasteiger partial charge is 0.465 e. The van der Waals surface area contributed by atoms with Gasteiger partial charge in [0.1, 0.15) is 6.54 Å². The average molecular weight is 368 g/mol. The lowest BCUT2D eigenvalue weighted by atomic mass is 10.0. The van der Waals surface area contributed by atoms with Gasteiger partial charge in [-0.2, -0.15) is 0 Å². The number of nitrogens with one attached hydrogen (secondary N) is 1. The zero-order chi connectivity index (χ0) is 20.0. The highest BCUT2D eigenvalue weighted by molar-refractivity contribution is 6.02. The van der Waals surface area contributed by atoms with E-state index in [0.717, 1.165) is 5.56 Å². The number of amides is 2. The molecule has 1 N–H and O–H groups in total. The molecule has 2 aromatic rings. The van der Waals surface area contributed by atoms with Crippen molar-refractivity contribution in [1.29, 1.82) is 0 Å². The van der Waals surface area contributed by atoms with Crippen LogP contribution in [-0.2, 0) is 14.3 Å². The van der Waals surface area contributed by atoms with Crippen molar-refractivity contribution < 1.29 is 19.1 Å². The van der Waals surface area contributed by atoms with Crippen LogP contribution in [0, 0.1) is 0 Å². The van der Waals surface area contributed by atoms with Gasteiger partial charge in [0, 0.05) is 18.3 Å². The molecule has 0 saturated carbocycles. The van der Waals surface area contributed by atoms with Crippen molar-refractivity contribution in [1.82, 2.24) is 0 Å². The Bertz CT molecular complexity index is 811. The first-order valence-corrected chi connectivity index (χ1v) is 8.68. The van der Waals surface area contributed by atoms with Gasteiger partial charge < -0.3 is 15.0 Å². The summed E-state index contributed by atoms with van der Waals surface area (Å²) in [4.78, 5) is 37.2. The lowest BCUT2D eigenvalue weighted by Gasteiger charge is -2.21. The van der Waals surface area contributed by atoms with Crippen molar-refractivity contribution in [3.05, 3.63) is 59.7 Å². The Morgan fingerprint density at radius 2 is 1.59 bits per heavy atom. The number of carbonyl (C=O) groups is 3. The summed E-state index contributed by atoms with van der Waals surface area (Å²) in [7, 11) is 1.31. The second kappa shape index (κ2) is 8.98. The van der Waals surface area contributed by atoms with Crippen LogP contribution in [-0.4, -0.2) is 31.4 Å². The number of esters is 1. The zero-order valence-corrected chi connectivity index (χ0v) is 16.0. The summed E-state index contributed by atoms with van der Waals surface area (Å²) < 4.78 is 4.64. The van der Waals surface area contributed by atoms with E-state index in [2.05, 4.69) is 23.9 Å². The number of hydrogen-bond acceptors (Lipinski definition) is 4. The molecule has 2 rings (SSSR count). The van der Waals surface area contributed by atoms with Crippen molar-refractivity contribution in [3.63, 3.8) is 0 Å². The van der Waals surface area contributed by atoms with Gasteiger partial charge in [0.15, 0.2) is 0 Å². The van der Waals surface area contributed by atoms with Crippen LogP contribution in [0.15, 0.2) is 48.5 Å². The molecule has 2 amide bonds. The number of ether oxygens (including phenoxy) is 1. The van der Waals surface area contributed by atoms with Crippen LogP contribution in [0.5, 0.6) is 0 Å². The molecule has 142 valence electrons.